The molecule has 0 saturated heterocycles. The highest BCUT2D eigenvalue weighted by atomic mass is 19.4. The Kier molecular flexibility index (Phi) is 2.60. The summed E-state index contributed by atoms with van der Waals surface area (Å²) < 4.78 is 41.0. The van der Waals surface area contributed by atoms with Crippen LogP contribution in [0.15, 0.2) is 29.0 Å². The highest BCUT2D eigenvalue weighted by molar-refractivity contribution is 5.76. The molecule has 0 aromatic rings. The number of nitrogens with zero attached hydrogens (tertiary/aromatic N) is 1. The van der Waals surface area contributed by atoms with Crippen molar-refractivity contribution in [3.63, 3.8) is 0 Å². The van der Waals surface area contributed by atoms with E-state index in [0.717, 1.165) is 6.08 Å². The molecule has 0 aromatic heterocycles. The minimum atomic E-state index is -4.42. The van der Waals surface area contributed by atoms with Gasteiger partial charge >= 0.3 is 6.18 Å². The minimum absolute atomic E-state index is 0.183. The summed E-state index contributed by atoms with van der Waals surface area (Å²) in [5.74, 6) is 0. The van der Waals surface area contributed by atoms with Gasteiger partial charge in [0.05, 0.1) is 7.11 Å². The topological polar surface area (TPSA) is 33.6 Å². The van der Waals surface area contributed by atoms with Gasteiger partial charge in [0.15, 0.2) is 0 Å². The first kappa shape index (κ1) is 9.63. The van der Waals surface area contributed by atoms with Crippen LogP contribution >= 0.6 is 0 Å². The van der Waals surface area contributed by atoms with Gasteiger partial charge in [-0.05, 0) is 12.2 Å². The highest BCUT2D eigenvalue weighted by Crippen LogP contribution is 2.23. The first-order valence-electron chi connectivity index (χ1n) is 3.37. The molecule has 72 valence electrons. The number of aliphatic imine (C=N–C) groups is 1. The number of methoxy groups -OCH3 is 1. The Morgan fingerprint density at radius 1 is 1.46 bits per heavy atom. The molecule has 0 unspecified atom stereocenters. The zero-order valence-corrected chi connectivity index (χ0v) is 6.72. The predicted octanol–water partition coefficient (Wildman–Crippen LogP) is 1.55. The number of alkyl halides is 3. The number of rotatable bonds is 0. The van der Waals surface area contributed by atoms with E-state index in [1.165, 1.54) is 19.4 Å². The maximum Gasteiger partial charge on any atom is 0.431 e. The summed E-state index contributed by atoms with van der Waals surface area (Å²) in [4.78, 5) is 3.56. The van der Waals surface area contributed by atoms with Crippen LogP contribution in [0.5, 0.6) is 0 Å². The number of nitrogens with one attached hydrogen (secondary N) is 1. The van der Waals surface area contributed by atoms with Gasteiger partial charge in [0.25, 0.3) is 6.02 Å². The molecular weight excluding hydrogens is 185 g/mol. The number of ether oxygens (including phenoxy) is 1. The van der Waals surface area contributed by atoms with Gasteiger partial charge in [0.1, 0.15) is 5.70 Å². The van der Waals surface area contributed by atoms with Gasteiger partial charge in [-0.25, -0.2) is 4.99 Å². The Morgan fingerprint density at radius 2 is 2.15 bits per heavy atom. The fourth-order valence-electron chi connectivity index (χ4n) is 0.708. The Labute approximate surface area is 72.6 Å². The fraction of sp³-hybridized carbons (Fsp3) is 0.286. The Bertz CT molecular complexity index is 278. The average Bonchev–Trinajstić information content (AvgIpc) is 2.27. The Balaban J connectivity index is 2.85. The molecule has 1 heterocycles. The van der Waals surface area contributed by atoms with Crippen molar-refractivity contribution in [3.05, 3.63) is 24.0 Å². The molecule has 1 aliphatic heterocycles. The molecule has 0 atom stereocenters. The molecule has 0 aliphatic carbocycles. The minimum Gasteiger partial charge on any atom is -0.468 e. The fourth-order valence-corrected chi connectivity index (χ4v) is 0.708. The van der Waals surface area contributed by atoms with Gasteiger partial charge in [0.2, 0.25) is 0 Å². The molecule has 0 radical (unpaired) electrons. The zero-order valence-electron chi connectivity index (χ0n) is 6.72. The van der Waals surface area contributed by atoms with E-state index in [1.54, 1.807) is 0 Å². The van der Waals surface area contributed by atoms with Gasteiger partial charge < -0.3 is 10.1 Å². The quantitative estimate of drug-likeness (QED) is 0.631. The van der Waals surface area contributed by atoms with E-state index in [0.29, 0.717) is 0 Å². The largest absolute Gasteiger partial charge is 0.468 e. The molecule has 3 nitrogen and oxygen atoms in total. The van der Waals surface area contributed by atoms with Crippen molar-refractivity contribution in [3.8, 4) is 0 Å². The molecule has 0 fully saturated rings. The van der Waals surface area contributed by atoms with Crippen molar-refractivity contribution in [1.29, 1.82) is 0 Å². The average molecular weight is 192 g/mol. The van der Waals surface area contributed by atoms with Crippen LogP contribution in [0.4, 0.5) is 13.2 Å². The number of hydrogen-bond acceptors (Lipinski definition) is 3. The van der Waals surface area contributed by atoms with E-state index < -0.39 is 11.9 Å². The van der Waals surface area contributed by atoms with Crippen molar-refractivity contribution in [2.45, 2.75) is 6.18 Å². The van der Waals surface area contributed by atoms with E-state index >= 15 is 0 Å². The standard InChI is InChI=1S/C7H7F3N2O/c1-13-6-11-4-2-3-5(12-6)7(8,9)10/h2-4H,1H3,(H,11,12). The van der Waals surface area contributed by atoms with Crippen LogP contribution in [-0.2, 0) is 4.74 Å². The Hall–Kier alpha value is -1.46. The lowest BCUT2D eigenvalue weighted by Crippen LogP contribution is -2.31. The van der Waals surface area contributed by atoms with Crippen molar-refractivity contribution < 1.29 is 17.9 Å². The second-order valence-corrected chi connectivity index (χ2v) is 2.18. The lowest BCUT2D eigenvalue weighted by molar-refractivity contribution is -0.0952. The van der Waals surface area contributed by atoms with Crippen molar-refractivity contribution >= 4 is 6.02 Å². The number of amidine groups is 1. The van der Waals surface area contributed by atoms with Gasteiger partial charge in [-0.1, -0.05) is 0 Å². The predicted molar refractivity (Wildman–Crippen MR) is 40.9 cm³/mol. The summed E-state index contributed by atoms with van der Waals surface area (Å²) in [7, 11) is 1.24. The van der Waals surface area contributed by atoms with Gasteiger partial charge in [-0.15, -0.1) is 0 Å². The van der Waals surface area contributed by atoms with E-state index in [1.807, 2.05) is 5.32 Å². The first-order valence-corrected chi connectivity index (χ1v) is 3.37. The van der Waals surface area contributed by atoms with E-state index in [9.17, 15) is 13.2 Å². The third-order valence-corrected chi connectivity index (χ3v) is 1.28. The lowest BCUT2D eigenvalue weighted by Gasteiger charge is -2.12. The highest BCUT2D eigenvalue weighted by Gasteiger charge is 2.34. The molecule has 0 bridgehead atoms. The molecule has 1 N–H and O–H groups in total. The van der Waals surface area contributed by atoms with Crippen LogP contribution in [0, 0.1) is 0 Å². The number of halogens is 3. The van der Waals surface area contributed by atoms with Crippen molar-refractivity contribution in [2.75, 3.05) is 7.11 Å². The van der Waals surface area contributed by atoms with Gasteiger partial charge in [-0.3, -0.25) is 0 Å². The van der Waals surface area contributed by atoms with Crippen LogP contribution in [0.3, 0.4) is 0 Å². The van der Waals surface area contributed by atoms with Crippen molar-refractivity contribution in [1.82, 2.24) is 5.32 Å². The summed E-state index contributed by atoms with van der Waals surface area (Å²) in [5.41, 5.74) is -0.901. The number of allylic oxidation sites excluding steroid dienone is 3. The smallest absolute Gasteiger partial charge is 0.431 e. The first-order chi connectivity index (χ1) is 6.04. The summed E-state index contributed by atoms with van der Waals surface area (Å²) in [6.45, 7) is 0. The lowest BCUT2D eigenvalue weighted by atomic mass is 10.4. The van der Waals surface area contributed by atoms with Crippen LogP contribution in [-0.4, -0.2) is 19.3 Å². The van der Waals surface area contributed by atoms with E-state index in [2.05, 4.69) is 9.73 Å². The summed E-state index contributed by atoms with van der Waals surface area (Å²) in [6.07, 6.45) is -1.14. The summed E-state index contributed by atoms with van der Waals surface area (Å²) in [6, 6.07) is -0.183. The Morgan fingerprint density at radius 3 is 2.69 bits per heavy atom. The zero-order chi connectivity index (χ0) is 9.90. The normalized spacial score (nSPS) is 16.9. The van der Waals surface area contributed by atoms with Gasteiger partial charge in [-0.2, -0.15) is 13.2 Å². The molecule has 1 rings (SSSR count). The third kappa shape index (κ3) is 2.50. The van der Waals surface area contributed by atoms with Crippen LogP contribution in [0.2, 0.25) is 0 Å². The maximum atomic E-state index is 12.2. The third-order valence-electron chi connectivity index (χ3n) is 1.28. The van der Waals surface area contributed by atoms with Crippen LogP contribution in [0.1, 0.15) is 0 Å². The number of hydrogen-bond donors (Lipinski definition) is 1. The molecule has 0 spiro atoms. The molecule has 0 aromatic carbocycles. The molecule has 0 saturated carbocycles. The van der Waals surface area contributed by atoms with Crippen LogP contribution in [0.25, 0.3) is 0 Å². The summed E-state index contributed by atoms with van der Waals surface area (Å²) >= 11 is 0. The second kappa shape index (κ2) is 3.51. The second-order valence-electron chi connectivity index (χ2n) is 2.18. The molecule has 0 amide bonds. The molecule has 1 aliphatic rings. The van der Waals surface area contributed by atoms with Crippen molar-refractivity contribution in [2.24, 2.45) is 4.99 Å². The monoisotopic (exact) mass is 192 g/mol. The maximum absolute atomic E-state index is 12.2. The van der Waals surface area contributed by atoms with Crippen LogP contribution < -0.4 is 5.32 Å². The molecule has 13 heavy (non-hydrogen) atoms. The SMILES string of the molecule is COC1=NC=CC=C(C(F)(F)F)N1. The van der Waals surface area contributed by atoms with E-state index in [-0.39, 0.29) is 6.02 Å². The van der Waals surface area contributed by atoms with Gasteiger partial charge in [0, 0.05) is 6.20 Å². The summed E-state index contributed by atoms with van der Waals surface area (Å²) in [5, 5.41) is 2.01. The molecular formula is C7H7F3N2O. The van der Waals surface area contributed by atoms with E-state index in [4.69, 9.17) is 0 Å². The molecule has 6 heteroatoms.